The molecule has 2 saturated heterocycles. The van der Waals surface area contributed by atoms with Gasteiger partial charge in [-0.15, -0.1) is 0 Å². The third-order valence-corrected chi connectivity index (χ3v) is 5.95. The van der Waals surface area contributed by atoms with Gasteiger partial charge in [0.15, 0.2) is 5.76 Å². The zero-order chi connectivity index (χ0) is 22.5. The topological polar surface area (TPSA) is 95.8 Å². The van der Waals surface area contributed by atoms with Crippen molar-refractivity contribution in [3.63, 3.8) is 0 Å². The van der Waals surface area contributed by atoms with Gasteiger partial charge < -0.3 is 24.7 Å². The Labute approximate surface area is 192 Å². The Kier molecular flexibility index (Phi) is 6.61. The highest BCUT2D eigenvalue weighted by atomic mass is 16.5. The van der Waals surface area contributed by atoms with Crippen molar-refractivity contribution in [3.8, 4) is 11.3 Å². The Morgan fingerprint density at radius 2 is 1.82 bits per heavy atom. The highest BCUT2D eigenvalue weighted by molar-refractivity contribution is 6.03. The second-order valence-electron chi connectivity index (χ2n) is 8.20. The van der Waals surface area contributed by atoms with Crippen LogP contribution in [0, 0.1) is 0 Å². The van der Waals surface area contributed by atoms with Crippen molar-refractivity contribution < 1.29 is 13.9 Å². The molecule has 172 valence electrons. The molecule has 0 bridgehead atoms. The van der Waals surface area contributed by atoms with E-state index in [0.29, 0.717) is 11.4 Å². The molecule has 2 aliphatic rings. The number of aromatic nitrogens is 2. The van der Waals surface area contributed by atoms with Gasteiger partial charge in [-0.25, -0.2) is 4.98 Å². The zero-order valence-corrected chi connectivity index (χ0v) is 18.5. The maximum absolute atomic E-state index is 12.8. The van der Waals surface area contributed by atoms with Crippen LogP contribution in [0.1, 0.15) is 16.2 Å². The molecular formula is C24H28N6O3. The number of carbonyl (C=O) groups is 1. The number of piperazine rings is 1. The molecule has 0 aliphatic carbocycles. The summed E-state index contributed by atoms with van der Waals surface area (Å²) < 4.78 is 11.2. The number of nitrogens with one attached hydrogen (secondary N) is 2. The minimum atomic E-state index is -0.394. The number of oxazole rings is 1. The van der Waals surface area contributed by atoms with E-state index in [9.17, 15) is 4.79 Å². The average molecular weight is 449 g/mol. The second kappa shape index (κ2) is 10.1. The molecule has 4 heterocycles. The number of nitrogens with zero attached hydrogens (tertiary/aromatic N) is 4. The van der Waals surface area contributed by atoms with E-state index in [-0.39, 0.29) is 5.89 Å². The van der Waals surface area contributed by atoms with Crippen LogP contribution in [-0.2, 0) is 11.3 Å². The first-order valence-electron chi connectivity index (χ1n) is 11.3. The molecular weight excluding hydrogens is 420 g/mol. The van der Waals surface area contributed by atoms with E-state index < -0.39 is 5.91 Å². The second-order valence-corrected chi connectivity index (χ2v) is 8.20. The summed E-state index contributed by atoms with van der Waals surface area (Å²) >= 11 is 0. The lowest BCUT2D eigenvalue weighted by atomic mass is 10.1. The van der Waals surface area contributed by atoms with E-state index >= 15 is 0 Å². The van der Waals surface area contributed by atoms with E-state index in [0.717, 1.165) is 70.3 Å². The van der Waals surface area contributed by atoms with Gasteiger partial charge in [-0.1, -0.05) is 24.3 Å². The number of rotatable bonds is 6. The number of carbonyl (C=O) groups excluding carboxylic acids is 1. The van der Waals surface area contributed by atoms with Crippen molar-refractivity contribution in [2.75, 3.05) is 62.7 Å². The van der Waals surface area contributed by atoms with Crippen LogP contribution >= 0.6 is 0 Å². The number of benzene rings is 1. The molecule has 2 fully saturated rings. The molecule has 1 amide bonds. The molecule has 2 aliphatic heterocycles. The summed E-state index contributed by atoms with van der Waals surface area (Å²) in [5.41, 5.74) is 3.71. The molecule has 9 heteroatoms. The maximum Gasteiger partial charge on any atom is 0.311 e. The fourth-order valence-electron chi connectivity index (χ4n) is 4.15. The van der Waals surface area contributed by atoms with Gasteiger partial charge in [-0.05, 0) is 11.6 Å². The van der Waals surface area contributed by atoms with Crippen LogP contribution < -0.4 is 15.5 Å². The molecule has 9 nitrogen and oxygen atoms in total. The Hall–Kier alpha value is -3.27. The van der Waals surface area contributed by atoms with Crippen molar-refractivity contribution in [3.05, 3.63) is 60.4 Å². The lowest BCUT2D eigenvalue weighted by molar-refractivity contribution is 0.0342. The average Bonchev–Trinajstić information content (AvgIpc) is 3.37. The Morgan fingerprint density at radius 3 is 2.61 bits per heavy atom. The predicted molar refractivity (Wildman–Crippen MR) is 125 cm³/mol. The van der Waals surface area contributed by atoms with Crippen LogP contribution in [0.5, 0.6) is 0 Å². The fraction of sp³-hybridized carbons (Fsp3) is 0.375. The molecule has 2 aromatic heterocycles. The lowest BCUT2D eigenvalue weighted by Crippen LogP contribution is -2.43. The number of morpholine rings is 1. The van der Waals surface area contributed by atoms with E-state index in [1.165, 1.54) is 5.56 Å². The Bertz CT molecular complexity index is 1070. The largest absolute Gasteiger partial charge is 0.432 e. The molecule has 2 N–H and O–H groups in total. The molecule has 0 unspecified atom stereocenters. The normalized spacial score (nSPS) is 17.2. The number of ether oxygens (including phenoxy) is 1. The van der Waals surface area contributed by atoms with Gasteiger partial charge in [0.2, 0.25) is 0 Å². The van der Waals surface area contributed by atoms with Crippen LogP contribution in [0.3, 0.4) is 0 Å². The van der Waals surface area contributed by atoms with E-state index in [2.05, 4.69) is 42.5 Å². The van der Waals surface area contributed by atoms with Crippen molar-refractivity contribution in [1.82, 2.24) is 20.2 Å². The predicted octanol–water partition coefficient (Wildman–Crippen LogP) is 2.23. The van der Waals surface area contributed by atoms with E-state index in [1.54, 1.807) is 18.6 Å². The van der Waals surface area contributed by atoms with Crippen LogP contribution in [0.15, 0.2) is 53.3 Å². The Balaban J connectivity index is 1.25. The number of anilines is 2. The van der Waals surface area contributed by atoms with Crippen LogP contribution in [-0.4, -0.2) is 73.3 Å². The van der Waals surface area contributed by atoms with Gasteiger partial charge in [0.25, 0.3) is 5.89 Å². The van der Waals surface area contributed by atoms with E-state index in [4.69, 9.17) is 9.15 Å². The number of hydrogen-bond acceptors (Lipinski definition) is 8. The number of hydrogen-bond donors (Lipinski definition) is 2. The van der Waals surface area contributed by atoms with Gasteiger partial charge >= 0.3 is 5.91 Å². The summed E-state index contributed by atoms with van der Waals surface area (Å²) in [6.45, 7) is 7.94. The first-order valence-corrected chi connectivity index (χ1v) is 11.3. The first-order chi connectivity index (χ1) is 16.3. The van der Waals surface area contributed by atoms with Gasteiger partial charge in [0.1, 0.15) is 0 Å². The molecule has 0 saturated carbocycles. The lowest BCUT2D eigenvalue weighted by Gasteiger charge is -2.30. The Morgan fingerprint density at radius 1 is 1.03 bits per heavy atom. The summed E-state index contributed by atoms with van der Waals surface area (Å²) in [4.78, 5) is 25.8. The maximum atomic E-state index is 12.8. The minimum Gasteiger partial charge on any atom is -0.432 e. The van der Waals surface area contributed by atoms with Crippen molar-refractivity contribution in [1.29, 1.82) is 0 Å². The van der Waals surface area contributed by atoms with E-state index in [1.807, 2.05) is 18.2 Å². The summed E-state index contributed by atoms with van der Waals surface area (Å²) in [5.74, 6) is 0.193. The summed E-state index contributed by atoms with van der Waals surface area (Å²) in [6, 6.07) is 10.1. The molecule has 0 spiro atoms. The molecule has 33 heavy (non-hydrogen) atoms. The highest BCUT2D eigenvalue weighted by Crippen LogP contribution is 2.26. The molecule has 3 aromatic rings. The molecule has 1 aromatic carbocycles. The smallest absolute Gasteiger partial charge is 0.311 e. The summed E-state index contributed by atoms with van der Waals surface area (Å²) in [6.07, 6.45) is 4.98. The van der Waals surface area contributed by atoms with Crippen molar-refractivity contribution in [2.45, 2.75) is 6.54 Å². The summed E-state index contributed by atoms with van der Waals surface area (Å²) in [7, 11) is 0. The van der Waals surface area contributed by atoms with Gasteiger partial charge in [-0.2, -0.15) is 0 Å². The van der Waals surface area contributed by atoms with Crippen molar-refractivity contribution >= 4 is 17.3 Å². The first kappa shape index (κ1) is 21.6. The van der Waals surface area contributed by atoms with Gasteiger partial charge in [-0.3, -0.25) is 14.7 Å². The SMILES string of the molecule is O=C(Nc1cnccc1N1CCNCC1)c1ncc(-c2ccc(CN3CCOCC3)cc2)o1. The highest BCUT2D eigenvalue weighted by Gasteiger charge is 2.19. The standard InChI is InChI=1S/C24H28N6O3/c31-23(28-20-15-26-6-5-21(20)30-9-7-25-8-10-30)24-27-16-22(33-24)19-3-1-18(2-4-19)17-29-11-13-32-14-12-29/h1-6,15-16,25H,7-14,17H2,(H,28,31). The molecule has 5 rings (SSSR count). The number of amides is 1. The quantitative estimate of drug-likeness (QED) is 0.593. The van der Waals surface area contributed by atoms with Gasteiger partial charge in [0.05, 0.1) is 37.0 Å². The number of pyridine rings is 1. The zero-order valence-electron chi connectivity index (χ0n) is 18.5. The minimum absolute atomic E-state index is 0.0255. The van der Waals surface area contributed by atoms with Crippen LogP contribution in [0.4, 0.5) is 11.4 Å². The summed E-state index contributed by atoms with van der Waals surface area (Å²) in [5, 5.41) is 6.24. The van der Waals surface area contributed by atoms with Crippen LogP contribution in [0.2, 0.25) is 0 Å². The fourth-order valence-corrected chi connectivity index (χ4v) is 4.15. The molecule has 0 atom stereocenters. The van der Waals surface area contributed by atoms with Crippen molar-refractivity contribution in [2.24, 2.45) is 0 Å². The molecule has 0 radical (unpaired) electrons. The third-order valence-electron chi connectivity index (χ3n) is 5.95. The third kappa shape index (κ3) is 5.22. The van der Waals surface area contributed by atoms with Gasteiger partial charge in [0, 0.05) is 57.6 Å². The monoisotopic (exact) mass is 448 g/mol. The van der Waals surface area contributed by atoms with Crippen LogP contribution in [0.25, 0.3) is 11.3 Å².